The lowest BCUT2D eigenvalue weighted by atomic mass is 10.2. The summed E-state index contributed by atoms with van der Waals surface area (Å²) < 4.78 is 6.06. The average molecular weight is 301 g/mol. The van der Waals surface area contributed by atoms with Gasteiger partial charge in [0.25, 0.3) is 0 Å². The van der Waals surface area contributed by atoms with Gasteiger partial charge in [-0.05, 0) is 18.2 Å². The van der Waals surface area contributed by atoms with Crippen molar-refractivity contribution in [3.8, 4) is 17.8 Å². The van der Waals surface area contributed by atoms with Crippen molar-refractivity contribution in [3.63, 3.8) is 0 Å². The molecule has 0 aliphatic rings. The van der Waals surface area contributed by atoms with Gasteiger partial charge >= 0.3 is 5.97 Å². The van der Waals surface area contributed by atoms with E-state index in [1.54, 1.807) is 12.1 Å². The molecule has 0 spiro atoms. The number of aromatic nitrogens is 1. The van der Waals surface area contributed by atoms with Gasteiger partial charge in [0.2, 0.25) is 0 Å². The number of carbonyl (C=O) groups is 1. The van der Waals surface area contributed by atoms with Crippen LogP contribution in [-0.4, -0.2) is 17.6 Å². The average Bonchev–Trinajstić information content (AvgIpc) is 2.82. The predicted molar refractivity (Wildman–Crippen MR) is 76.0 cm³/mol. The van der Waals surface area contributed by atoms with E-state index in [2.05, 4.69) is 4.74 Å². The molecule has 7 heteroatoms. The normalized spacial score (nSPS) is 9.71. The second-order valence-electron chi connectivity index (χ2n) is 4.06. The molecule has 2 rings (SSSR count). The fourth-order valence-electron chi connectivity index (χ4n) is 1.88. The molecule has 0 fully saturated rings. The number of nitrogen functional groups attached to an aromatic ring is 1. The van der Waals surface area contributed by atoms with Crippen LogP contribution in [0.2, 0.25) is 5.02 Å². The van der Waals surface area contributed by atoms with Crippen LogP contribution >= 0.6 is 11.6 Å². The Morgan fingerprint density at radius 1 is 1.38 bits per heavy atom. The summed E-state index contributed by atoms with van der Waals surface area (Å²) in [5.41, 5.74) is 6.76. The number of ether oxygens (including phenoxy) is 1. The van der Waals surface area contributed by atoms with Gasteiger partial charge in [0, 0.05) is 6.20 Å². The summed E-state index contributed by atoms with van der Waals surface area (Å²) >= 11 is 6.12. The SMILES string of the molecule is COC(=O)c1c(N)c(C#N)cn1-c1ccc(C#N)cc1Cl. The van der Waals surface area contributed by atoms with Gasteiger partial charge in [-0.1, -0.05) is 11.6 Å². The summed E-state index contributed by atoms with van der Waals surface area (Å²) in [5.74, 6) is -0.686. The number of hydrogen-bond donors (Lipinski definition) is 1. The van der Waals surface area contributed by atoms with Crippen molar-refractivity contribution in [2.24, 2.45) is 0 Å². The number of benzene rings is 1. The fraction of sp³-hybridized carbons (Fsp3) is 0.0714. The highest BCUT2D eigenvalue weighted by Gasteiger charge is 2.22. The summed E-state index contributed by atoms with van der Waals surface area (Å²) in [7, 11) is 1.21. The molecule has 2 N–H and O–H groups in total. The first kappa shape index (κ1) is 14.4. The van der Waals surface area contributed by atoms with Crippen LogP contribution in [0.1, 0.15) is 21.6 Å². The molecule has 104 valence electrons. The Kier molecular flexibility index (Phi) is 3.84. The maximum absolute atomic E-state index is 11.9. The number of hydrogen-bond acceptors (Lipinski definition) is 5. The third kappa shape index (κ3) is 2.40. The Labute approximate surface area is 125 Å². The number of methoxy groups -OCH3 is 1. The van der Waals surface area contributed by atoms with Gasteiger partial charge in [-0.15, -0.1) is 0 Å². The zero-order valence-electron chi connectivity index (χ0n) is 10.9. The molecule has 0 aliphatic heterocycles. The lowest BCUT2D eigenvalue weighted by Gasteiger charge is -2.10. The number of rotatable bonds is 2. The molecule has 0 saturated carbocycles. The zero-order valence-corrected chi connectivity index (χ0v) is 11.7. The second-order valence-corrected chi connectivity index (χ2v) is 4.46. The van der Waals surface area contributed by atoms with Crippen LogP contribution in [0.4, 0.5) is 5.69 Å². The van der Waals surface area contributed by atoms with Crippen LogP contribution in [0.25, 0.3) is 5.69 Å². The number of carbonyl (C=O) groups excluding carboxylic acids is 1. The number of halogens is 1. The van der Waals surface area contributed by atoms with Crippen molar-refractivity contribution in [2.75, 3.05) is 12.8 Å². The largest absolute Gasteiger partial charge is 0.464 e. The molecule has 0 unspecified atom stereocenters. The molecule has 1 heterocycles. The number of nitriles is 2. The van der Waals surface area contributed by atoms with Gasteiger partial charge in [-0.3, -0.25) is 0 Å². The molecule has 2 aromatic rings. The van der Waals surface area contributed by atoms with Crippen LogP contribution in [0.15, 0.2) is 24.4 Å². The van der Waals surface area contributed by atoms with Gasteiger partial charge in [0.1, 0.15) is 6.07 Å². The van der Waals surface area contributed by atoms with Gasteiger partial charge < -0.3 is 15.0 Å². The highest BCUT2D eigenvalue weighted by Crippen LogP contribution is 2.29. The summed E-state index contributed by atoms with van der Waals surface area (Å²) in [6.07, 6.45) is 1.40. The lowest BCUT2D eigenvalue weighted by molar-refractivity contribution is 0.0593. The molecule has 0 aliphatic carbocycles. The molecular formula is C14H9ClN4O2. The van der Waals surface area contributed by atoms with Crippen LogP contribution in [0.5, 0.6) is 0 Å². The number of nitrogens with zero attached hydrogens (tertiary/aromatic N) is 3. The van der Waals surface area contributed by atoms with E-state index >= 15 is 0 Å². The predicted octanol–water partition coefficient (Wildman–Crippen LogP) is 2.24. The van der Waals surface area contributed by atoms with E-state index < -0.39 is 5.97 Å². The number of nitrogens with two attached hydrogens (primary N) is 1. The highest BCUT2D eigenvalue weighted by molar-refractivity contribution is 6.32. The maximum atomic E-state index is 11.9. The monoisotopic (exact) mass is 300 g/mol. The first-order valence-corrected chi connectivity index (χ1v) is 6.10. The zero-order chi connectivity index (χ0) is 15.6. The third-order valence-corrected chi connectivity index (χ3v) is 3.18. The quantitative estimate of drug-likeness (QED) is 0.856. The summed E-state index contributed by atoms with van der Waals surface area (Å²) in [5, 5.41) is 18.1. The molecule has 21 heavy (non-hydrogen) atoms. The Bertz CT molecular complexity index is 812. The topological polar surface area (TPSA) is 105 Å². The van der Waals surface area contributed by atoms with E-state index in [1.807, 2.05) is 12.1 Å². The van der Waals surface area contributed by atoms with E-state index in [9.17, 15) is 4.79 Å². The van der Waals surface area contributed by atoms with Gasteiger partial charge in [-0.25, -0.2) is 4.79 Å². The Morgan fingerprint density at radius 3 is 2.62 bits per heavy atom. The molecule has 6 nitrogen and oxygen atoms in total. The Balaban J connectivity index is 2.73. The minimum atomic E-state index is -0.686. The van der Waals surface area contributed by atoms with Crippen LogP contribution in [-0.2, 0) is 4.74 Å². The molecule has 0 atom stereocenters. The van der Waals surface area contributed by atoms with E-state index in [1.165, 1.54) is 23.9 Å². The van der Waals surface area contributed by atoms with E-state index in [4.69, 9.17) is 27.9 Å². The first-order valence-electron chi connectivity index (χ1n) is 5.72. The Hall–Kier alpha value is -2.96. The van der Waals surface area contributed by atoms with Gasteiger partial charge in [0.15, 0.2) is 5.69 Å². The van der Waals surface area contributed by atoms with Gasteiger partial charge in [-0.2, -0.15) is 10.5 Å². The number of anilines is 1. The van der Waals surface area contributed by atoms with E-state index in [0.717, 1.165) is 0 Å². The molecule has 0 amide bonds. The van der Waals surface area contributed by atoms with Crippen LogP contribution < -0.4 is 5.73 Å². The second kappa shape index (κ2) is 5.58. The molecular weight excluding hydrogens is 292 g/mol. The van der Waals surface area contributed by atoms with Crippen molar-refractivity contribution in [3.05, 3.63) is 46.2 Å². The lowest BCUT2D eigenvalue weighted by Crippen LogP contribution is -2.11. The standard InChI is InChI=1S/C14H9ClN4O2/c1-21-14(20)13-12(18)9(6-17)7-19(13)11-3-2-8(5-16)4-10(11)15/h2-4,7H,18H2,1H3. The Morgan fingerprint density at radius 2 is 2.10 bits per heavy atom. The van der Waals surface area contributed by atoms with Crippen molar-refractivity contribution in [2.45, 2.75) is 0 Å². The fourth-order valence-corrected chi connectivity index (χ4v) is 2.15. The minimum absolute atomic E-state index is 0.0145. The minimum Gasteiger partial charge on any atom is -0.464 e. The van der Waals surface area contributed by atoms with Crippen LogP contribution in [0, 0.1) is 22.7 Å². The van der Waals surface area contributed by atoms with Crippen molar-refractivity contribution in [1.29, 1.82) is 10.5 Å². The summed E-state index contributed by atoms with van der Waals surface area (Å²) in [4.78, 5) is 11.9. The number of esters is 1. The molecule has 0 radical (unpaired) electrons. The first-order chi connectivity index (χ1) is 10.0. The van der Waals surface area contributed by atoms with Crippen LogP contribution in [0.3, 0.4) is 0 Å². The molecule has 1 aromatic carbocycles. The smallest absolute Gasteiger partial charge is 0.357 e. The van der Waals surface area contributed by atoms with Crippen molar-refractivity contribution in [1.82, 2.24) is 4.57 Å². The molecule has 1 aromatic heterocycles. The van der Waals surface area contributed by atoms with Gasteiger partial charge in [0.05, 0.1) is 40.7 Å². The third-order valence-electron chi connectivity index (χ3n) is 2.88. The van der Waals surface area contributed by atoms with E-state index in [0.29, 0.717) is 11.3 Å². The van der Waals surface area contributed by atoms with Crippen molar-refractivity contribution < 1.29 is 9.53 Å². The molecule has 0 bridgehead atoms. The van der Waals surface area contributed by atoms with Crippen molar-refractivity contribution >= 4 is 23.3 Å². The summed E-state index contributed by atoms with van der Waals surface area (Å²) in [6, 6.07) is 8.43. The van der Waals surface area contributed by atoms with E-state index in [-0.39, 0.29) is 22.0 Å². The summed E-state index contributed by atoms with van der Waals surface area (Å²) in [6.45, 7) is 0. The maximum Gasteiger partial charge on any atom is 0.357 e. The highest BCUT2D eigenvalue weighted by atomic mass is 35.5. The molecule has 0 saturated heterocycles.